The number of halogens is 2. The summed E-state index contributed by atoms with van der Waals surface area (Å²) in [5, 5.41) is 0.730. The van der Waals surface area contributed by atoms with Crippen molar-refractivity contribution in [2.75, 3.05) is 32.8 Å². The van der Waals surface area contributed by atoms with Crippen LogP contribution in [-0.2, 0) is 6.42 Å². The Morgan fingerprint density at radius 2 is 1.35 bits per heavy atom. The van der Waals surface area contributed by atoms with E-state index in [-0.39, 0.29) is 5.82 Å². The number of imidazole rings is 1. The van der Waals surface area contributed by atoms with Crippen molar-refractivity contribution in [3.63, 3.8) is 0 Å². The van der Waals surface area contributed by atoms with Gasteiger partial charge < -0.3 is 14.4 Å². The molecule has 5 rings (SSSR count). The van der Waals surface area contributed by atoms with Gasteiger partial charge in [-0.1, -0.05) is 37.6 Å². The summed E-state index contributed by atoms with van der Waals surface area (Å²) in [6.45, 7) is 8.74. The van der Waals surface area contributed by atoms with E-state index in [0.717, 1.165) is 77.3 Å². The Kier molecular flexibility index (Phi) is 10.5. The zero-order valence-electron chi connectivity index (χ0n) is 24.7. The Morgan fingerprint density at radius 3 is 2.00 bits per heavy atom. The molecule has 1 heterocycles. The molecule has 0 atom stereocenters. The van der Waals surface area contributed by atoms with Gasteiger partial charge in [-0.15, -0.1) is 0 Å². The van der Waals surface area contributed by atoms with E-state index in [9.17, 15) is 4.39 Å². The van der Waals surface area contributed by atoms with E-state index in [1.165, 1.54) is 17.7 Å². The van der Waals surface area contributed by atoms with Crippen LogP contribution >= 0.6 is 11.6 Å². The SMILES string of the molecule is CCN(CC)CCCOc1ccc(-n2cc(-c3ccc(OCCc4ccc(Cl)cc4)cc3)nc2-c2ccc(F)cc2)cc1. The molecule has 7 heteroatoms. The van der Waals surface area contributed by atoms with Crippen molar-refractivity contribution in [2.45, 2.75) is 26.7 Å². The highest BCUT2D eigenvalue weighted by Crippen LogP contribution is 2.30. The van der Waals surface area contributed by atoms with E-state index in [1.54, 1.807) is 12.1 Å². The molecule has 0 spiro atoms. The van der Waals surface area contributed by atoms with Crippen molar-refractivity contribution in [1.29, 1.82) is 0 Å². The molecule has 0 radical (unpaired) electrons. The molecule has 0 aliphatic heterocycles. The molecule has 0 bridgehead atoms. The summed E-state index contributed by atoms with van der Waals surface area (Å²) >= 11 is 5.98. The average Bonchev–Trinajstić information content (AvgIpc) is 3.49. The van der Waals surface area contributed by atoms with Gasteiger partial charge in [0.25, 0.3) is 0 Å². The molecule has 5 aromatic rings. The van der Waals surface area contributed by atoms with Crippen LogP contribution in [0.4, 0.5) is 4.39 Å². The molecule has 4 aromatic carbocycles. The molecule has 1 aromatic heterocycles. The molecular weight excluding hydrogens is 561 g/mol. The van der Waals surface area contributed by atoms with Crippen molar-refractivity contribution in [3.05, 3.63) is 120 Å². The fraction of sp³-hybridized carbons (Fsp3) is 0.250. The van der Waals surface area contributed by atoms with Crippen LogP contribution in [0.2, 0.25) is 5.02 Å². The largest absolute Gasteiger partial charge is 0.494 e. The van der Waals surface area contributed by atoms with Crippen LogP contribution in [0.5, 0.6) is 11.5 Å². The standard InChI is InChI=1S/C36H37ClFN3O2/c1-3-40(4-2)23-5-24-42-34-20-16-32(17-21-34)41-26-35(39-36(41)29-8-14-31(38)15-9-29)28-10-18-33(19-11-28)43-25-22-27-6-12-30(37)13-7-27/h6-21,26H,3-5,22-25H2,1-2H3. The summed E-state index contributed by atoms with van der Waals surface area (Å²) in [7, 11) is 0. The second-order valence-electron chi connectivity index (χ2n) is 10.3. The minimum atomic E-state index is -0.281. The summed E-state index contributed by atoms with van der Waals surface area (Å²) < 4.78 is 27.7. The van der Waals surface area contributed by atoms with Crippen molar-refractivity contribution in [3.8, 4) is 39.8 Å². The maximum absolute atomic E-state index is 13.7. The van der Waals surface area contributed by atoms with Gasteiger partial charge in [0, 0.05) is 41.0 Å². The first kappa shape index (κ1) is 30.3. The Labute approximate surface area is 258 Å². The Morgan fingerprint density at radius 1 is 0.744 bits per heavy atom. The van der Waals surface area contributed by atoms with E-state index < -0.39 is 0 Å². The van der Waals surface area contributed by atoms with Crippen LogP contribution in [0.15, 0.2) is 103 Å². The lowest BCUT2D eigenvalue weighted by molar-refractivity contribution is 0.249. The molecule has 5 nitrogen and oxygen atoms in total. The first-order valence-electron chi connectivity index (χ1n) is 14.8. The van der Waals surface area contributed by atoms with E-state index >= 15 is 0 Å². The molecule has 0 saturated carbocycles. The highest BCUT2D eigenvalue weighted by molar-refractivity contribution is 6.30. The van der Waals surface area contributed by atoms with Gasteiger partial charge in [0.05, 0.1) is 18.9 Å². The maximum atomic E-state index is 13.7. The Hall–Kier alpha value is -4.13. The lowest BCUT2D eigenvalue weighted by Gasteiger charge is -2.17. The molecule has 0 saturated heterocycles. The van der Waals surface area contributed by atoms with Gasteiger partial charge in [-0.3, -0.25) is 4.57 Å². The Balaban J connectivity index is 1.30. The fourth-order valence-electron chi connectivity index (χ4n) is 4.90. The Bertz CT molecular complexity index is 1560. The van der Waals surface area contributed by atoms with Gasteiger partial charge in [-0.05, 0) is 110 Å². The number of aromatic nitrogens is 2. The second kappa shape index (κ2) is 14.9. The van der Waals surface area contributed by atoms with Gasteiger partial charge in [0.1, 0.15) is 23.1 Å². The predicted octanol–water partition coefficient (Wildman–Crippen LogP) is 8.73. The minimum absolute atomic E-state index is 0.281. The van der Waals surface area contributed by atoms with Gasteiger partial charge in [0.15, 0.2) is 0 Å². The molecule has 222 valence electrons. The quantitative estimate of drug-likeness (QED) is 0.120. The fourth-order valence-corrected chi connectivity index (χ4v) is 5.03. The average molecular weight is 598 g/mol. The third kappa shape index (κ3) is 8.25. The lowest BCUT2D eigenvalue weighted by Crippen LogP contribution is -2.25. The predicted molar refractivity (Wildman–Crippen MR) is 173 cm³/mol. The number of rotatable bonds is 14. The topological polar surface area (TPSA) is 39.5 Å². The van der Waals surface area contributed by atoms with E-state index in [1.807, 2.05) is 83.6 Å². The van der Waals surface area contributed by atoms with E-state index in [0.29, 0.717) is 13.2 Å². The smallest absolute Gasteiger partial charge is 0.145 e. The van der Waals surface area contributed by atoms with Gasteiger partial charge in [0.2, 0.25) is 0 Å². The molecule has 0 aliphatic carbocycles. The number of benzene rings is 4. The van der Waals surface area contributed by atoms with Crippen molar-refractivity contribution in [1.82, 2.24) is 14.5 Å². The van der Waals surface area contributed by atoms with E-state index in [2.05, 4.69) is 18.7 Å². The molecule has 0 aliphatic rings. The van der Waals surface area contributed by atoms with Crippen LogP contribution in [0.3, 0.4) is 0 Å². The molecule has 43 heavy (non-hydrogen) atoms. The van der Waals surface area contributed by atoms with Crippen LogP contribution in [0, 0.1) is 5.82 Å². The van der Waals surface area contributed by atoms with Crippen LogP contribution in [0.25, 0.3) is 28.3 Å². The number of hydrogen-bond donors (Lipinski definition) is 0. The molecule has 0 amide bonds. The van der Waals surface area contributed by atoms with Gasteiger partial charge in [-0.25, -0.2) is 9.37 Å². The zero-order valence-corrected chi connectivity index (χ0v) is 25.4. The lowest BCUT2D eigenvalue weighted by atomic mass is 10.1. The number of nitrogens with zero attached hydrogens (tertiary/aromatic N) is 3. The highest BCUT2D eigenvalue weighted by Gasteiger charge is 2.14. The van der Waals surface area contributed by atoms with Gasteiger partial charge in [-0.2, -0.15) is 0 Å². The zero-order chi connectivity index (χ0) is 30.0. The normalized spacial score (nSPS) is 11.2. The molecule has 0 fully saturated rings. The van der Waals surface area contributed by atoms with Crippen molar-refractivity contribution < 1.29 is 13.9 Å². The summed E-state index contributed by atoms with van der Waals surface area (Å²) in [5.41, 5.74) is 4.71. The summed E-state index contributed by atoms with van der Waals surface area (Å²) in [5.74, 6) is 2.07. The molecular formula is C36H37ClFN3O2. The van der Waals surface area contributed by atoms with E-state index in [4.69, 9.17) is 26.1 Å². The first-order valence-corrected chi connectivity index (χ1v) is 15.2. The van der Waals surface area contributed by atoms with Crippen molar-refractivity contribution >= 4 is 11.6 Å². The van der Waals surface area contributed by atoms with Crippen LogP contribution in [0.1, 0.15) is 25.8 Å². The third-order valence-corrected chi connectivity index (χ3v) is 7.68. The summed E-state index contributed by atoms with van der Waals surface area (Å²) in [6.07, 6.45) is 3.79. The summed E-state index contributed by atoms with van der Waals surface area (Å²) in [4.78, 5) is 7.36. The number of ether oxygens (including phenoxy) is 2. The first-order chi connectivity index (χ1) is 21.0. The van der Waals surface area contributed by atoms with Crippen LogP contribution < -0.4 is 9.47 Å². The molecule has 0 N–H and O–H groups in total. The van der Waals surface area contributed by atoms with Crippen LogP contribution in [-0.4, -0.2) is 47.3 Å². The van der Waals surface area contributed by atoms with Crippen molar-refractivity contribution in [2.24, 2.45) is 0 Å². The summed E-state index contributed by atoms with van der Waals surface area (Å²) in [6, 6.07) is 30.2. The molecule has 0 unspecified atom stereocenters. The highest BCUT2D eigenvalue weighted by atomic mass is 35.5. The minimum Gasteiger partial charge on any atom is -0.494 e. The maximum Gasteiger partial charge on any atom is 0.145 e. The number of hydrogen-bond acceptors (Lipinski definition) is 4. The van der Waals surface area contributed by atoms with Gasteiger partial charge >= 0.3 is 0 Å². The monoisotopic (exact) mass is 597 g/mol. The second-order valence-corrected chi connectivity index (χ2v) is 10.7. The third-order valence-electron chi connectivity index (χ3n) is 7.43.